The van der Waals surface area contributed by atoms with E-state index in [2.05, 4.69) is 9.47 Å². The van der Waals surface area contributed by atoms with Gasteiger partial charge in [-0.25, -0.2) is 0 Å². The van der Waals surface area contributed by atoms with E-state index in [9.17, 15) is 18.7 Å². The van der Waals surface area contributed by atoms with Gasteiger partial charge in [-0.05, 0) is 0 Å². The van der Waals surface area contributed by atoms with E-state index in [0.717, 1.165) is 0 Å². The molecule has 0 aromatic heterocycles. The Kier molecular flexibility index (Phi) is 4.68. The van der Waals surface area contributed by atoms with Crippen LogP contribution in [0.2, 0.25) is 0 Å². The number of alkyl halides is 2. The average Bonchev–Trinajstić information content (AvgIpc) is 1.98. The minimum Gasteiger partial charge on any atom is -0.544 e. The quantitative estimate of drug-likeness (QED) is 0.497. The van der Waals surface area contributed by atoms with Crippen molar-refractivity contribution in [2.45, 2.75) is 5.92 Å². The fraction of sp³-hybridized carbons (Fsp3) is 0.833. The second-order valence-corrected chi connectivity index (χ2v) is 2.04. The van der Waals surface area contributed by atoms with Gasteiger partial charge in [0.25, 0.3) is 0 Å². The lowest BCUT2D eigenvalue weighted by Crippen LogP contribution is -2.44. The molecule has 0 aliphatic carbocycles. The van der Waals surface area contributed by atoms with Crippen LogP contribution in [0.15, 0.2) is 0 Å². The number of carboxylic acid groups (broad SMARTS) is 1. The maximum Gasteiger partial charge on any atom is 0.309 e. The van der Waals surface area contributed by atoms with Gasteiger partial charge < -0.3 is 19.4 Å². The van der Waals surface area contributed by atoms with E-state index in [-0.39, 0.29) is 13.2 Å². The first-order valence-corrected chi connectivity index (χ1v) is 3.16. The summed E-state index contributed by atoms with van der Waals surface area (Å²) in [6.07, 6.45) is 0. The van der Waals surface area contributed by atoms with Gasteiger partial charge in [0.15, 0.2) is 0 Å². The number of hydrogen-bond donors (Lipinski definition) is 0. The summed E-state index contributed by atoms with van der Waals surface area (Å²) in [6, 6.07) is 0. The van der Waals surface area contributed by atoms with Crippen LogP contribution in [0.5, 0.6) is 0 Å². The van der Waals surface area contributed by atoms with Gasteiger partial charge in [0.05, 0.1) is 13.2 Å². The van der Waals surface area contributed by atoms with E-state index in [1.54, 1.807) is 0 Å². The Hall–Kier alpha value is -0.750. The van der Waals surface area contributed by atoms with Crippen LogP contribution >= 0.6 is 0 Å². The third kappa shape index (κ3) is 4.20. The molecule has 0 N–H and O–H groups in total. The molecule has 0 unspecified atom stereocenters. The molecule has 0 aliphatic rings. The van der Waals surface area contributed by atoms with Gasteiger partial charge in [0.2, 0.25) is 0 Å². The summed E-state index contributed by atoms with van der Waals surface area (Å²) in [5, 5.41) is 9.71. The standard InChI is InChI=1S/C6H10F2O4/c1-11-2-3-12-4-6(7,8)5(9)10/h2-4H2,1H3,(H,9,10)/p-1. The molecule has 0 aromatic rings. The molecule has 0 aliphatic heterocycles. The van der Waals surface area contributed by atoms with Crippen LogP contribution in [0.25, 0.3) is 0 Å². The lowest BCUT2D eigenvalue weighted by atomic mass is 10.4. The van der Waals surface area contributed by atoms with Crippen molar-refractivity contribution in [3.8, 4) is 0 Å². The van der Waals surface area contributed by atoms with Gasteiger partial charge in [-0.2, -0.15) is 8.78 Å². The Morgan fingerprint density at radius 2 is 2.08 bits per heavy atom. The van der Waals surface area contributed by atoms with Crippen LogP contribution in [0, 0.1) is 0 Å². The zero-order valence-corrected chi connectivity index (χ0v) is 6.51. The van der Waals surface area contributed by atoms with Crippen LogP contribution in [0.1, 0.15) is 0 Å². The first-order chi connectivity index (χ1) is 5.50. The fourth-order valence-electron chi connectivity index (χ4n) is 0.402. The van der Waals surface area contributed by atoms with Crippen molar-refractivity contribution in [2.24, 2.45) is 0 Å². The number of aliphatic carboxylic acids is 1. The molecule has 12 heavy (non-hydrogen) atoms. The SMILES string of the molecule is COCCOCC(F)(F)C(=O)[O-]. The number of carbonyl (C=O) groups excluding carboxylic acids is 1. The van der Waals surface area contributed by atoms with Crippen LogP contribution in [-0.4, -0.2) is 38.8 Å². The highest BCUT2D eigenvalue weighted by molar-refractivity contribution is 5.73. The third-order valence-corrected chi connectivity index (χ3v) is 1.01. The van der Waals surface area contributed by atoms with E-state index in [1.165, 1.54) is 7.11 Å². The molecule has 0 radical (unpaired) electrons. The van der Waals surface area contributed by atoms with Crippen LogP contribution in [0.3, 0.4) is 0 Å². The molecule has 0 heterocycles. The zero-order chi connectivity index (χ0) is 9.61. The lowest BCUT2D eigenvalue weighted by molar-refractivity contribution is -0.332. The third-order valence-electron chi connectivity index (χ3n) is 1.01. The van der Waals surface area contributed by atoms with Crippen molar-refractivity contribution in [2.75, 3.05) is 26.9 Å². The molecule has 0 saturated carbocycles. The van der Waals surface area contributed by atoms with Crippen molar-refractivity contribution in [3.05, 3.63) is 0 Å². The lowest BCUT2D eigenvalue weighted by Gasteiger charge is -2.16. The molecule has 0 saturated heterocycles. The Labute approximate surface area is 68.1 Å². The maximum atomic E-state index is 12.1. The number of rotatable bonds is 6. The number of carboxylic acids is 1. The number of halogens is 2. The molecule has 0 bridgehead atoms. The minimum atomic E-state index is -3.92. The monoisotopic (exact) mass is 183 g/mol. The van der Waals surface area contributed by atoms with Crippen molar-refractivity contribution in [1.82, 2.24) is 0 Å². The van der Waals surface area contributed by atoms with Gasteiger partial charge in [-0.1, -0.05) is 0 Å². The smallest absolute Gasteiger partial charge is 0.309 e. The molecule has 0 amide bonds. The van der Waals surface area contributed by atoms with Gasteiger partial charge >= 0.3 is 5.92 Å². The second kappa shape index (κ2) is 5.00. The molecule has 0 rings (SSSR count). The Bertz CT molecular complexity index is 148. The minimum absolute atomic E-state index is 0.0701. The highest BCUT2D eigenvalue weighted by Gasteiger charge is 2.30. The summed E-state index contributed by atoms with van der Waals surface area (Å²) in [5.74, 6) is -6.35. The molecule has 6 heteroatoms. The molecule has 4 nitrogen and oxygen atoms in total. The van der Waals surface area contributed by atoms with E-state index in [4.69, 9.17) is 0 Å². The highest BCUT2D eigenvalue weighted by atomic mass is 19.3. The Morgan fingerprint density at radius 1 is 1.50 bits per heavy atom. The van der Waals surface area contributed by atoms with Crippen LogP contribution in [-0.2, 0) is 14.3 Å². The van der Waals surface area contributed by atoms with Crippen LogP contribution < -0.4 is 5.11 Å². The molecular weight excluding hydrogens is 174 g/mol. The first kappa shape index (κ1) is 11.2. The van der Waals surface area contributed by atoms with Gasteiger partial charge in [-0.15, -0.1) is 0 Å². The molecule has 0 fully saturated rings. The van der Waals surface area contributed by atoms with Gasteiger partial charge in [0.1, 0.15) is 12.6 Å². The summed E-state index contributed by atoms with van der Waals surface area (Å²) in [7, 11) is 1.38. The largest absolute Gasteiger partial charge is 0.544 e. The number of ether oxygens (including phenoxy) is 2. The Balaban J connectivity index is 3.54. The molecule has 0 spiro atoms. The van der Waals surface area contributed by atoms with E-state index >= 15 is 0 Å². The first-order valence-electron chi connectivity index (χ1n) is 3.16. The van der Waals surface area contributed by atoms with Crippen molar-refractivity contribution in [3.63, 3.8) is 0 Å². The molecular formula is C6H9F2O4-. The summed E-state index contributed by atoms with van der Waals surface area (Å²) >= 11 is 0. The number of hydrogen-bond acceptors (Lipinski definition) is 4. The van der Waals surface area contributed by atoms with Crippen LogP contribution in [0.4, 0.5) is 8.78 Å². The van der Waals surface area contributed by atoms with Crippen molar-refractivity contribution in [1.29, 1.82) is 0 Å². The maximum absolute atomic E-state index is 12.1. The number of methoxy groups -OCH3 is 1. The van der Waals surface area contributed by atoms with E-state index < -0.39 is 18.5 Å². The summed E-state index contributed by atoms with van der Waals surface area (Å²) in [4.78, 5) is 9.71. The second-order valence-electron chi connectivity index (χ2n) is 2.04. The predicted octanol–water partition coefficient (Wildman–Crippen LogP) is -0.965. The zero-order valence-electron chi connectivity index (χ0n) is 6.51. The molecule has 72 valence electrons. The van der Waals surface area contributed by atoms with E-state index in [0.29, 0.717) is 0 Å². The van der Waals surface area contributed by atoms with Crippen molar-refractivity contribution < 1.29 is 28.2 Å². The molecule has 0 atom stereocenters. The molecule has 0 aromatic carbocycles. The van der Waals surface area contributed by atoms with Gasteiger partial charge in [0, 0.05) is 7.11 Å². The van der Waals surface area contributed by atoms with Gasteiger partial charge in [-0.3, -0.25) is 0 Å². The van der Waals surface area contributed by atoms with E-state index in [1.807, 2.05) is 0 Å². The number of carbonyl (C=O) groups is 1. The highest BCUT2D eigenvalue weighted by Crippen LogP contribution is 2.11. The fourth-order valence-corrected chi connectivity index (χ4v) is 0.402. The van der Waals surface area contributed by atoms with Crippen molar-refractivity contribution >= 4 is 5.97 Å². The normalized spacial score (nSPS) is 11.6. The summed E-state index contributed by atoms with van der Waals surface area (Å²) in [6.45, 7) is -1.11. The summed E-state index contributed by atoms with van der Waals surface area (Å²) in [5.41, 5.74) is 0. The average molecular weight is 183 g/mol. The predicted molar refractivity (Wildman–Crippen MR) is 32.6 cm³/mol. The summed E-state index contributed by atoms with van der Waals surface area (Å²) < 4.78 is 33.1. The topological polar surface area (TPSA) is 58.6 Å². The Morgan fingerprint density at radius 3 is 2.50 bits per heavy atom.